The van der Waals surface area contributed by atoms with E-state index in [1.807, 2.05) is 30.3 Å². The highest BCUT2D eigenvalue weighted by atomic mass is 16.6. The molecule has 2 N–H and O–H groups in total. The van der Waals surface area contributed by atoms with Crippen LogP contribution in [0.3, 0.4) is 0 Å². The summed E-state index contributed by atoms with van der Waals surface area (Å²) in [7, 11) is 1.46. The van der Waals surface area contributed by atoms with Crippen molar-refractivity contribution in [2.75, 3.05) is 7.11 Å². The number of benzene rings is 2. The first kappa shape index (κ1) is 15.3. The minimum atomic E-state index is -0.522. The van der Waals surface area contributed by atoms with E-state index in [1.165, 1.54) is 25.5 Å². The summed E-state index contributed by atoms with van der Waals surface area (Å²) in [6, 6.07) is 12.2. The molecule has 7 nitrogen and oxygen atoms in total. The van der Waals surface area contributed by atoms with Gasteiger partial charge in [0.2, 0.25) is 0 Å². The van der Waals surface area contributed by atoms with Crippen molar-refractivity contribution in [3.8, 4) is 11.5 Å². The standard InChI is InChI=1S/C15H15N3O4/c1-21-14-7-12(9-17-16)13(18(19)20)8-15(14)22-10-11-5-3-2-4-6-11/h2-9H,10,16H2,1H3. The Kier molecular flexibility index (Phi) is 4.92. The third kappa shape index (κ3) is 3.51. The van der Waals surface area contributed by atoms with Gasteiger partial charge in [-0.15, -0.1) is 0 Å². The maximum atomic E-state index is 11.1. The molecule has 0 aliphatic rings. The topological polar surface area (TPSA) is 100.0 Å². The number of hydrogen-bond acceptors (Lipinski definition) is 6. The Morgan fingerprint density at radius 2 is 2.00 bits per heavy atom. The maximum absolute atomic E-state index is 11.1. The number of nitrogens with two attached hydrogens (primary N) is 1. The van der Waals surface area contributed by atoms with Gasteiger partial charge in [0.05, 0.1) is 29.9 Å². The number of nitro groups is 1. The Morgan fingerprint density at radius 3 is 2.59 bits per heavy atom. The lowest BCUT2D eigenvalue weighted by Crippen LogP contribution is -2.02. The molecule has 0 aromatic heterocycles. The average Bonchev–Trinajstić information content (AvgIpc) is 2.54. The van der Waals surface area contributed by atoms with Crippen molar-refractivity contribution in [2.45, 2.75) is 6.61 Å². The van der Waals surface area contributed by atoms with Crippen LogP contribution in [-0.2, 0) is 6.61 Å². The van der Waals surface area contributed by atoms with Gasteiger partial charge in [0.25, 0.3) is 5.69 Å². The minimum Gasteiger partial charge on any atom is -0.493 e. The molecular weight excluding hydrogens is 286 g/mol. The van der Waals surface area contributed by atoms with E-state index in [9.17, 15) is 10.1 Å². The van der Waals surface area contributed by atoms with Crippen molar-refractivity contribution in [3.05, 3.63) is 63.7 Å². The second-order valence-electron chi connectivity index (χ2n) is 4.37. The summed E-state index contributed by atoms with van der Waals surface area (Å²) < 4.78 is 10.8. The van der Waals surface area contributed by atoms with Crippen LogP contribution >= 0.6 is 0 Å². The van der Waals surface area contributed by atoms with Crippen LogP contribution in [0.5, 0.6) is 11.5 Å². The van der Waals surface area contributed by atoms with Gasteiger partial charge >= 0.3 is 0 Å². The molecule has 0 heterocycles. The summed E-state index contributed by atoms with van der Waals surface area (Å²) in [5.74, 6) is 5.72. The number of rotatable bonds is 6. The summed E-state index contributed by atoms with van der Waals surface area (Å²) in [4.78, 5) is 10.6. The first-order valence-corrected chi connectivity index (χ1v) is 6.42. The van der Waals surface area contributed by atoms with Crippen LogP contribution < -0.4 is 15.3 Å². The molecule has 7 heteroatoms. The monoisotopic (exact) mass is 301 g/mol. The van der Waals surface area contributed by atoms with Gasteiger partial charge < -0.3 is 15.3 Å². The largest absolute Gasteiger partial charge is 0.493 e. The molecule has 114 valence electrons. The van der Waals surface area contributed by atoms with E-state index >= 15 is 0 Å². The Hall–Kier alpha value is -3.09. The molecule has 0 radical (unpaired) electrons. The van der Waals surface area contributed by atoms with Crippen LogP contribution in [0.2, 0.25) is 0 Å². The van der Waals surface area contributed by atoms with Crippen molar-refractivity contribution in [3.63, 3.8) is 0 Å². The van der Waals surface area contributed by atoms with Gasteiger partial charge in [-0.2, -0.15) is 5.10 Å². The molecule has 0 aliphatic carbocycles. The highest BCUT2D eigenvalue weighted by Crippen LogP contribution is 2.34. The minimum absolute atomic E-state index is 0.155. The van der Waals surface area contributed by atoms with E-state index in [4.69, 9.17) is 15.3 Å². The predicted molar refractivity (Wildman–Crippen MR) is 82.2 cm³/mol. The molecule has 0 unspecified atom stereocenters. The maximum Gasteiger partial charge on any atom is 0.282 e. The van der Waals surface area contributed by atoms with E-state index in [0.29, 0.717) is 5.75 Å². The molecule has 0 saturated carbocycles. The molecule has 0 amide bonds. The fourth-order valence-electron chi connectivity index (χ4n) is 1.91. The Balaban J connectivity index is 2.33. The van der Waals surface area contributed by atoms with Crippen molar-refractivity contribution < 1.29 is 14.4 Å². The number of nitrogens with zero attached hydrogens (tertiary/aromatic N) is 2. The third-order valence-electron chi connectivity index (χ3n) is 2.96. The molecule has 0 bridgehead atoms. The van der Waals surface area contributed by atoms with Crippen molar-refractivity contribution in [2.24, 2.45) is 10.9 Å². The van der Waals surface area contributed by atoms with E-state index < -0.39 is 4.92 Å². The van der Waals surface area contributed by atoms with Gasteiger partial charge in [-0.25, -0.2) is 0 Å². The first-order chi connectivity index (χ1) is 10.7. The lowest BCUT2D eigenvalue weighted by Gasteiger charge is -2.11. The third-order valence-corrected chi connectivity index (χ3v) is 2.96. The van der Waals surface area contributed by atoms with Gasteiger partial charge in [0.1, 0.15) is 6.61 Å². The summed E-state index contributed by atoms with van der Waals surface area (Å²) >= 11 is 0. The predicted octanol–water partition coefficient (Wildman–Crippen LogP) is 2.48. The van der Waals surface area contributed by atoms with Crippen LogP contribution in [0.4, 0.5) is 5.69 Å². The molecule has 0 fully saturated rings. The Morgan fingerprint density at radius 1 is 1.27 bits per heavy atom. The normalized spacial score (nSPS) is 10.6. The van der Waals surface area contributed by atoms with Crippen molar-refractivity contribution in [1.29, 1.82) is 0 Å². The lowest BCUT2D eigenvalue weighted by molar-refractivity contribution is -0.385. The van der Waals surface area contributed by atoms with Crippen LogP contribution in [0, 0.1) is 10.1 Å². The molecule has 0 aliphatic heterocycles. The summed E-state index contributed by atoms with van der Waals surface area (Å²) in [6.45, 7) is 0.276. The number of methoxy groups -OCH3 is 1. The van der Waals surface area contributed by atoms with Crippen LogP contribution in [0.1, 0.15) is 11.1 Å². The van der Waals surface area contributed by atoms with E-state index in [2.05, 4.69) is 5.10 Å². The van der Waals surface area contributed by atoms with Gasteiger partial charge in [0.15, 0.2) is 11.5 Å². The van der Waals surface area contributed by atoms with Crippen LogP contribution in [0.25, 0.3) is 0 Å². The number of hydrogen-bond donors (Lipinski definition) is 1. The molecular formula is C15H15N3O4. The Bertz CT molecular complexity index is 687. The summed E-state index contributed by atoms with van der Waals surface area (Å²) in [5, 5.41) is 14.5. The molecule has 2 rings (SSSR count). The highest BCUT2D eigenvalue weighted by Gasteiger charge is 2.18. The van der Waals surface area contributed by atoms with Gasteiger partial charge in [0, 0.05) is 0 Å². The van der Waals surface area contributed by atoms with E-state index in [-0.39, 0.29) is 23.6 Å². The zero-order valence-electron chi connectivity index (χ0n) is 11.9. The molecule has 0 spiro atoms. The molecule has 0 atom stereocenters. The second-order valence-corrected chi connectivity index (χ2v) is 4.37. The van der Waals surface area contributed by atoms with E-state index in [1.54, 1.807) is 0 Å². The zero-order chi connectivity index (χ0) is 15.9. The summed E-state index contributed by atoms with van der Waals surface area (Å²) in [6.07, 6.45) is 1.20. The quantitative estimate of drug-likeness (QED) is 0.382. The summed E-state index contributed by atoms with van der Waals surface area (Å²) in [5.41, 5.74) is 1.04. The lowest BCUT2D eigenvalue weighted by atomic mass is 10.1. The second kappa shape index (κ2) is 7.07. The highest BCUT2D eigenvalue weighted by molar-refractivity contribution is 5.86. The van der Waals surface area contributed by atoms with Crippen molar-refractivity contribution >= 4 is 11.9 Å². The molecule has 0 saturated heterocycles. The zero-order valence-corrected chi connectivity index (χ0v) is 11.9. The molecule has 2 aromatic rings. The average molecular weight is 301 g/mol. The SMILES string of the molecule is COc1cc(C=NN)c([N+](=O)[O-])cc1OCc1ccccc1. The fraction of sp³-hybridized carbons (Fsp3) is 0.133. The fourth-order valence-corrected chi connectivity index (χ4v) is 1.91. The van der Waals surface area contributed by atoms with Crippen LogP contribution in [-0.4, -0.2) is 18.2 Å². The number of hydrazone groups is 1. The number of ether oxygens (including phenoxy) is 2. The number of nitro benzene ring substituents is 1. The first-order valence-electron chi connectivity index (χ1n) is 6.42. The van der Waals surface area contributed by atoms with Gasteiger partial charge in [-0.1, -0.05) is 30.3 Å². The van der Waals surface area contributed by atoms with Gasteiger partial charge in [-0.3, -0.25) is 10.1 Å². The molecule has 22 heavy (non-hydrogen) atoms. The van der Waals surface area contributed by atoms with Crippen molar-refractivity contribution in [1.82, 2.24) is 0 Å². The smallest absolute Gasteiger partial charge is 0.282 e. The van der Waals surface area contributed by atoms with E-state index in [0.717, 1.165) is 5.56 Å². The van der Waals surface area contributed by atoms with Crippen LogP contribution in [0.15, 0.2) is 47.6 Å². The Labute approximate surface area is 127 Å². The molecule has 2 aromatic carbocycles. The van der Waals surface area contributed by atoms with Gasteiger partial charge in [-0.05, 0) is 11.6 Å².